The van der Waals surface area contributed by atoms with Crippen molar-refractivity contribution in [3.8, 4) is 0 Å². The summed E-state index contributed by atoms with van der Waals surface area (Å²) in [6, 6.07) is -0.0831. The highest BCUT2D eigenvalue weighted by Crippen LogP contribution is 2.32. The molecule has 0 heterocycles. The minimum absolute atomic E-state index is 0.0831. The van der Waals surface area contributed by atoms with Gasteiger partial charge in [0.1, 0.15) is 0 Å². The summed E-state index contributed by atoms with van der Waals surface area (Å²) in [6.07, 6.45) is 5.62. The number of nitrogens with one attached hydrogen (secondary N) is 1. The second-order valence-corrected chi connectivity index (χ2v) is 8.08. The number of esters is 1. The fourth-order valence-electron chi connectivity index (χ4n) is 3.66. The molecule has 2 rings (SSSR count). The zero-order chi connectivity index (χ0) is 15.5. The van der Waals surface area contributed by atoms with Crippen molar-refractivity contribution in [2.75, 3.05) is 13.7 Å². The molecule has 122 valence electrons. The summed E-state index contributed by atoms with van der Waals surface area (Å²) in [6.45, 7) is 0.498. The quantitative estimate of drug-likeness (QED) is 0.729. The number of methoxy groups -OCH3 is 1. The molecule has 4 atom stereocenters. The molecule has 0 aliphatic heterocycles. The molecule has 4 unspecified atom stereocenters. The first-order chi connectivity index (χ1) is 9.99. The highest BCUT2D eigenvalue weighted by atomic mass is 32.2. The van der Waals surface area contributed by atoms with E-state index < -0.39 is 27.2 Å². The highest BCUT2D eigenvalue weighted by Gasteiger charge is 2.42. The zero-order valence-corrected chi connectivity index (χ0v) is 13.4. The van der Waals surface area contributed by atoms with Crippen LogP contribution in [0.4, 0.5) is 0 Å². The van der Waals surface area contributed by atoms with Crippen molar-refractivity contribution in [1.82, 2.24) is 4.72 Å². The Kier molecular flexibility index (Phi) is 5.62. The third-order valence-electron chi connectivity index (χ3n) is 4.88. The first-order valence-corrected chi connectivity index (χ1v) is 9.33. The van der Waals surface area contributed by atoms with E-state index in [1.807, 2.05) is 0 Å². The lowest BCUT2D eigenvalue weighted by Crippen LogP contribution is -2.48. The lowest BCUT2D eigenvalue weighted by molar-refractivity contribution is -0.146. The largest absolute Gasteiger partial charge is 0.469 e. The maximum atomic E-state index is 12.7. The first kappa shape index (κ1) is 16.7. The second kappa shape index (κ2) is 7.07. The molecule has 0 aromatic rings. The summed E-state index contributed by atoms with van der Waals surface area (Å²) >= 11 is 0. The SMILES string of the molecule is COC(=O)C1CCCCC1S(=O)(=O)NC1CCCC1CN. The molecule has 0 saturated heterocycles. The smallest absolute Gasteiger partial charge is 0.310 e. The van der Waals surface area contributed by atoms with Gasteiger partial charge in [-0.15, -0.1) is 0 Å². The molecular formula is C14H26N2O4S. The molecule has 0 aromatic carbocycles. The van der Waals surface area contributed by atoms with Gasteiger partial charge in [-0.3, -0.25) is 4.79 Å². The van der Waals surface area contributed by atoms with Gasteiger partial charge in [-0.2, -0.15) is 0 Å². The fourth-order valence-corrected chi connectivity index (χ4v) is 5.73. The van der Waals surface area contributed by atoms with Gasteiger partial charge < -0.3 is 10.5 Å². The number of rotatable bonds is 5. The zero-order valence-electron chi connectivity index (χ0n) is 12.6. The van der Waals surface area contributed by atoms with Crippen LogP contribution in [-0.2, 0) is 19.6 Å². The van der Waals surface area contributed by atoms with Crippen molar-refractivity contribution in [2.45, 2.75) is 56.2 Å². The van der Waals surface area contributed by atoms with Crippen LogP contribution in [0.2, 0.25) is 0 Å². The molecule has 2 aliphatic rings. The van der Waals surface area contributed by atoms with Crippen molar-refractivity contribution < 1.29 is 17.9 Å². The second-order valence-electron chi connectivity index (χ2n) is 6.15. The van der Waals surface area contributed by atoms with Gasteiger partial charge in [0.05, 0.1) is 18.3 Å². The van der Waals surface area contributed by atoms with Crippen LogP contribution >= 0.6 is 0 Å². The van der Waals surface area contributed by atoms with Crippen LogP contribution in [-0.4, -0.2) is 39.3 Å². The normalized spacial score (nSPS) is 33.8. The van der Waals surface area contributed by atoms with Crippen LogP contribution in [0.25, 0.3) is 0 Å². The van der Waals surface area contributed by atoms with Crippen LogP contribution in [0, 0.1) is 11.8 Å². The summed E-state index contributed by atoms with van der Waals surface area (Å²) in [5.74, 6) is -0.745. The van der Waals surface area contributed by atoms with E-state index in [2.05, 4.69) is 4.72 Å². The minimum atomic E-state index is -3.52. The molecule has 0 bridgehead atoms. The molecule has 2 fully saturated rings. The van der Waals surface area contributed by atoms with Gasteiger partial charge in [0, 0.05) is 6.04 Å². The molecule has 7 heteroatoms. The molecule has 2 saturated carbocycles. The van der Waals surface area contributed by atoms with Gasteiger partial charge in [-0.1, -0.05) is 19.3 Å². The number of nitrogens with two attached hydrogens (primary N) is 1. The lowest BCUT2D eigenvalue weighted by Gasteiger charge is -2.31. The molecule has 2 aliphatic carbocycles. The summed E-state index contributed by atoms with van der Waals surface area (Å²) in [5.41, 5.74) is 5.71. The van der Waals surface area contributed by atoms with Crippen molar-refractivity contribution >= 4 is 16.0 Å². The van der Waals surface area contributed by atoms with Crippen LogP contribution in [0.1, 0.15) is 44.9 Å². The van der Waals surface area contributed by atoms with Crippen LogP contribution in [0.5, 0.6) is 0 Å². The van der Waals surface area contributed by atoms with E-state index in [-0.39, 0.29) is 12.0 Å². The Morgan fingerprint density at radius 2 is 1.90 bits per heavy atom. The standard InChI is InChI=1S/C14H26N2O4S/c1-20-14(17)11-6-2-3-8-13(11)21(18,19)16-12-7-4-5-10(12)9-15/h10-13,16H,2-9,15H2,1H3. The Balaban J connectivity index is 2.11. The molecule has 3 N–H and O–H groups in total. The molecule has 0 aromatic heterocycles. The van der Waals surface area contributed by atoms with Gasteiger partial charge in [0.25, 0.3) is 0 Å². The highest BCUT2D eigenvalue weighted by molar-refractivity contribution is 7.90. The van der Waals surface area contributed by atoms with Crippen molar-refractivity contribution in [1.29, 1.82) is 0 Å². The van der Waals surface area contributed by atoms with Gasteiger partial charge in [-0.05, 0) is 38.1 Å². The van der Waals surface area contributed by atoms with Crippen molar-refractivity contribution in [3.63, 3.8) is 0 Å². The van der Waals surface area contributed by atoms with E-state index >= 15 is 0 Å². The number of hydrogen-bond acceptors (Lipinski definition) is 5. The Morgan fingerprint density at radius 1 is 1.19 bits per heavy atom. The molecule has 0 radical (unpaired) electrons. The molecule has 21 heavy (non-hydrogen) atoms. The Hall–Kier alpha value is -0.660. The van der Waals surface area contributed by atoms with E-state index in [0.717, 1.165) is 32.1 Å². The van der Waals surface area contributed by atoms with Gasteiger partial charge in [-0.25, -0.2) is 13.1 Å². The van der Waals surface area contributed by atoms with Crippen LogP contribution < -0.4 is 10.5 Å². The summed E-state index contributed by atoms with van der Waals surface area (Å²) in [4.78, 5) is 11.8. The fraction of sp³-hybridized carbons (Fsp3) is 0.929. The Bertz CT molecular complexity index is 466. The molecule has 6 nitrogen and oxygen atoms in total. The summed E-state index contributed by atoms with van der Waals surface area (Å²) in [7, 11) is -2.21. The summed E-state index contributed by atoms with van der Waals surface area (Å²) < 4.78 is 32.9. The topological polar surface area (TPSA) is 98.5 Å². The number of ether oxygens (including phenoxy) is 1. The third kappa shape index (κ3) is 3.76. The maximum absolute atomic E-state index is 12.7. The average molecular weight is 318 g/mol. The minimum Gasteiger partial charge on any atom is -0.469 e. The van der Waals surface area contributed by atoms with Crippen LogP contribution in [0.3, 0.4) is 0 Å². The van der Waals surface area contributed by atoms with E-state index in [1.54, 1.807) is 0 Å². The van der Waals surface area contributed by atoms with E-state index in [4.69, 9.17) is 10.5 Å². The van der Waals surface area contributed by atoms with Gasteiger partial charge in [0.15, 0.2) is 0 Å². The first-order valence-electron chi connectivity index (χ1n) is 7.78. The molecular weight excluding hydrogens is 292 g/mol. The lowest BCUT2D eigenvalue weighted by atomic mass is 9.89. The van der Waals surface area contributed by atoms with Crippen molar-refractivity contribution in [3.05, 3.63) is 0 Å². The predicted molar refractivity (Wildman–Crippen MR) is 80.0 cm³/mol. The predicted octanol–water partition coefficient (Wildman–Crippen LogP) is 0.765. The van der Waals surface area contributed by atoms with E-state index in [1.165, 1.54) is 7.11 Å². The van der Waals surface area contributed by atoms with E-state index in [9.17, 15) is 13.2 Å². The number of hydrogen-bond donors (Lipinski definition) is 2. The number of carbonyl (C=O) groups excluding carboxylic acids is 1. The van der Waals surface area contributed by atoms with E-state index in [0.29, 0.717) is 19.4 Å². The molecule has 0 spiro atoms. The average Bonchev–Trinajstić information content (AvgIpc) is 2.92. The van der Waals surface area contributed by atoms with Gasteiger partial charge in [0.2, 0.25) is 10.0 Å². The van der Waals surface area contributed by atoms with Gasteiger partial charge >= 0.3 is 5.97 Å². The summed E-state index contributed by atoms with van der Waals surface area (Å²) in [5, 5.41) is -0.669. The third-order valence-corrected chi connectivity index (χ3v) is 6.88. The van der Waals surface area contributed by atoms with Crippen molar-refractivity contribution in [2.24, 2.45) is 17.6 Å². The monoisotopic (exact) mass is 318 g/mol. The van der Waals surface area contributed by atoms with Crippen LogP contribution in [0.15, 0.2) is 0 Å². The Labute approximate surface area is 126 Å². The number of sulfonamides is 1. The Morgan fingerprint density at radius 3 is 2.57 bits per heavy atom. The number of carbonyl (C=O) groups is 1. The maximum Gasteiger partial charge on any atom is 0.310 e. The molecule has 0 amide bonds.